The summed E-state index contributed by atoms with van der Waals surface area (Å²) in [6, 6.07) is 24.3. The van der Waals surface area contributed by atoms with Crippen LogP contribution < -0.4 is 4.48 Å². The summed E-state index contributed by atoms with van der Waals surface area (Å²) >= 11 is 7.74. The molecule has 0 saturated heterocycles. The van der Waals surface area contributed by atoms with Crippen molar-refractivity contribution in [3.8, 4) is 0 Å². The van der Waals surface area contributed by atoms with Crippen molar-refractivity contribution >= 4 is 44.7 Å². The minimum atomic E-state index is -3.31. The van der Waals surface area contributed by atoms with Crippen LogP contribution in [0.15, 0.2) is 93.6 Å². The Morgan fingerprint density at radius 3 is 2.29 bits per heavy atom. The summed E-state index contributed by atoms with van der Waals surface area (Å²) in [7, 11) is -3.31. The molecule has 0 saturated carbocycles. The van der Waals surface area contributed by atoms with E-state index in [0.717, 1.165) is 22.0 Å². The van der Waals surface area contributed by atoms with E-state index in [1.807, 2.05) is 54.6 Å². The van der Waals surface area contributed by atoms with Crippen LogP contribution >= 0.6 is 23.4 Å². The van der Waals surface area contributed by atoms with Crippen LogP contribution in [0.1, 0.15) is 5.56 Å². The van der Waals surface area contributed by atoms with Crippen molar-refractivity contribution in [2.24, 2.45) is 4.99 Å². The average Bonchev–Trinajstić information content (AvgIpc) is 3.10. The van der Waals surface area contributed by atoms with Crippen molar-refractivity contribution in [1.29, 1.82) is 0 Å². The Morgan fingerprint density at radius 2 is 1.68 bits per heavy atom. The second-order valence-electron chi connectivity index (χ2n) is 7.44. The fraction of sp³-hybridized carbons (Fsp3) is 0.174. The first kappa shape index (κ1) is 22.0. The van der Waals surface area contributed by atoms with E-state index in [1.54, 1.807) is 36.0 Å². The molecule has 160 valence electrons. The van der Waals surface area contributed by atoms with Gasteiger partial charge in [0.1, 0.15) is 18.1 Å². The van der Waals surface area contributed by atoms with E-state index >= 15 is 0 Å². The van der Waals surface area contributed by atoms with Gasteiger partial charge in [0, 0.05) is 28.3 Å². The molecule has 0 spiro atoms. The minimum absolute atomic E-state index is 0.259. The zero-order chi connectivity index (χ0) is 22.1. The monoisotopic (exact) mass is 473 g/mol. The number of hydrogen-bond donors (Lipinski definition) is 1. The minimum Gasteiger partial charge on any atom is -0.367 e. The third-order valence-corrected chi connectivity index (χ3v) is 7.76. The molecule has 8 heteroatoms. The number of amidine groups is 1. The third kappa shape index (κ3) is 4.71. The van der Waals surface area contributed by atoms with Gasteiger partial charge in [0.05, 0.1) is 10.5 Å². The molecular weight excluding hydrogens is 452 g/mol. The second kappa shape index (κ2) is 8.76. The van der Waals surface area contributed by atoms with Crippen molar-refractivity contribution in [2.75, 3.05) is 18.7 Å². The largest absolute Gasteiger partial charge is 0.367 e. The normalized spacial score (nSPS) is 21.1. The van der Waals surface area contributed by atoms with Gasteiger partial charge in [-0.1, -0.05) is 41.6 Å². The van der Waals surface area contributed by atoms with Crippen molar-refractivity contribution in [3.05, 3.63) is 89.4 Å². The summed E-state index contributed by atoms with van der Waals surface area (Å²) in [5.74, 6) is 1.31. The number of sulfone groups is 1. The summed E-state index contributed by atoms with van der Waals surface area (Å²) in [4.78, 5) is 5.93. The first-order chi connectivity index (χ1) is 14.8. The lowest BCUT2D eigenvalue weighted by Crippen LogP contribution is -2.53. The van der Waals surface area contributed by atoms with Gasteiger partial charge < -0.3 is 5.11 Å². The summed E-state index contributed by atoms with van der Waals surface area (Å²) < 4.78 is 24.2. The highest BCUT2D eigenvalue weighted by Gasteiger charge is 2.45. The molecule has 1 aliphatic heterocycles. The smallest absolute Gasteiger partial charge is 0.239 e. The maximum atomic E-state index is 11.9. The van der Waals surface area contributed by atoms with E-state index in [0.29, 0.717) is 17.4 Å². The second-order valence-corrected chi connectivity index (χ2v) is 10.9. The Labute approximate surface area is 191 Å². The Hall–Kier alpha value is -2.16. The van der Waals surface area contributed by atoms with Gasteiger partial charge in [-0.2, -0.15) is 4.99 Å². The molecule has 1 aliphatic rings. The average molecular weight is 474 g/mol. The molecule has 0 aliphatic carbocycles. The Kier molecular flexibility index (Phi) is 6.23. The number of quaternary nitrogens is 1. The summed E-state index contributed by atoms with van der Waals surface area (Å²) in [6.07, 6.45) is 0.328. The number of hydrogen-bond acceptors (Lipinski definition) is 5. The predicted octanol–water partition coefficient (Wildman–Crippen LogP) is 4.58. The molecule has 5 nitrogen and oxygen atoms in total. The molecule has 3 aromatic rings. The quantitative estimate of drug-likeness (QED) is 0.420. The molecule has 3 aromatic carbocycles. The van der Waals surface area contributed by atoms with E-state index in [1.165, 1.54) is 6.26 Å². The fourth-order valence-corrected chi connectivity index (χ4v) is 5.53. The van der Waals surface area contributed by atoms with Crippen molar-refractivity contribution in [1.82, 2.24) is 4.48 Å². The van der Waals surface area contributed by atoms with Gasteiger partial charge in [0.15, 0.2) is 9.84 Å². The molecule has 0 radical (unpaired) electrons. The highest BCUT2D eigenvalue weighted by atomic mass is 35.5. The highest BCUT2D eigenvalue weighted by molar-refractivity contribution is 7.99. The first-order valence-electron chi connectivity index (χ1n) is 9.66. The Bertz CT molecular complexity index is 1200. The van der Waals surface area contributed by atoms with Crippen LogP contribution in [-0.2, 0) is 9.84 Å². The molecule has 0 aromatic heterocycles. The van der Waals surface area contributed by atoms with Crippen LogP contribution in [0.25, 0.3) is 0 Å². The van der Waals surface area contributed by atoms with Crippen LogP contribution in [0, 0.1) is 0 Å². The van der Waals surface area contributed by atoms with Gasteiger partial charge in [-0.05, 0) is 48.5 Å². The van der Waals surface area contributed by atoms with Gasteiger partial charge in [0.2, 0.25) is 12.1 Å². The number of aliphatic imine (C=N–C) groups is 1. The lowest BCUT2D eigenvalue weighted by Gasteiger charge is -2.34. The van der Waals surface area contributed by atoms with Crippen LogP contribution in [0.5, 0.6) is 0 Å². The van der Waals surface area contributed by atoms with E-state index in [2.05, 4.69) is 4.99 Å². The van der Waals surface area contributed by atoms with E-state index in [4.69, 9.17) is 11.6 Å². The zero-order valence-corrected chi connectivity index (χ0v) is 19.2. The van der Waals surface area contributed by atoms with Gasteiger partial charge in [-0.25, -0.2) is 12.9 Å². The molecular formula is C23H22ClN2O3S2+. The number of benzene rings is 3. The summed E-state index contributed by atoms with van der Waals surface area (Å²) in [5.41, 5.74) is 1.72. The van der Waals surface area contributed by atoms with Crippen LogP contribution in [0.3, 0.4) is 0 Å². The zero-order valence-electron chi connectivity index (χ0n) is 16.8. The molecule has 4 rings (SSSR count). The maximum absolute atomic E-state index is 11.9. The number of aliphatic hydroxyl groups excluding tert-OH is 1. The predicted molar refractivity (Wildman–Crippen MR) is 127 cm³/mol. The maximum Gasteiger partial charge on any atom is 0.239 e. The Morgan fingerprint density at radius 1 is 1.03 bits per heavy atom. The van der Waals surface area contributed by atoms with Gasteiger partial charge in [-0.3, -0.25) is 0 Å². The van der Waals surface area contributed by atoms with Gasteiger partial charge in [0.25, 0.3) is 0 Å². The molecule has 2 atom stereocenters. The molecule has 0 amide bonds. The van der Waals surface area contributed by atoms with Gasteiger partial charge >= 0.3 is 0 Å². The summed E-state index contributed by atoms with van der Waals surface area (Å²) in [5, 5.41) is 11.2. The summed E-state index contributed by atoms with van der Waals surface area (Å²) in [6.45, 7) is 0.357. The van der Waals surface area contributed by atoms with Crippen LogP contribution in [0.4, 0.5) is 5.69 Å². The van der Waals surface area contributed by atoms with Crippen molar-refractivity contribution in [2.45, 2.75) is 16.0 Å². The first-order valence-corrected chi connectivity index (χ1v) is 12.9. The SMILES string of the molecule is CS(=O)(=O)c1ccc([N+]2(CSc3ccccc3)CC(O)N=C2c2ccc(Cl)cc2)cc1. The molecule has 0 bridgehead atoms. The third-order valence-electron chi connectivity index (χ3n) is 5.21. The van der Waals surface area contributed by atoms with E-state index in [9.17, 15) is 13.5 Å². The highest BCUT2D eigenvalue weighted by Crippen LogP contribution is 2.36. The van der Waals surface area contributed by atoms with E-state index in [-0.39, 0.29) is 9.38 Å². The van der Waals surface area contributed by atoms with Gasteiger partial charge in [-0.15, -0.1) is 0 Å². The standard InChI is InChI=1S/C23H22ClN2O3S2/c1-31(28,29)21-13-11-19(12-14-21)26(16-30-20-5-3-2-4-6-20)15-22(27)25-23(26)17-7-9-18(24)10-8-17/h2-14,22,27H,15-16H2,1H3/q+1. The molecule has 2 unspecified atom stereocenters. The molecule has 0 fully saturated rings. The number of rotatable bonds is 6. The van der Waals surface area contributed by atoms with E-state index < -0.39 is 16.1 Å². The topological polar surface area (TPSA) is 66.7 Å². The fourth-order valence-electron chi connectivity index (χ4n) is 3.67. The number of thioether (sulfide) groups is 1. The number of halogens is 1. The molecule has 31 heavy (non-hydrogen) atoms. The van der Waals surface area contributed by atoms with Crippen molar-refractivity contribution in [3.63, 3.8) is 0 Å². The molecule has 1 heterocycles. The molecule has 1 N–H and O–H groups in total. The lowest BCUT2D eigenvalue weighted by atomic mass is 10.1. The van der Waals surface area contributed by atoms with Crippen molar-refractivity contribution < 1.29 is 13.5 Å². The lowest BCUT2D eigenvalue weighted by molar-refractivity contribution is 0.177. The number of nitrogens with zero attached hydrogens (tertiary/aromatic N) is 2. The van der Waals surface area contributed by atoms with Crippen LogP contribution in [-0.4, -0.2) is 44.3 Å². The Balaban J connectivity index is 1.80. The van der Waals surface area contributed by atoms with Crippen LogP contribution in [0.2, 0.25) is 5.02 Å². The number of aliphatic hydroxyl groups is 1.